The third kappa shape index (κ3) is 5.26. The Morgan fingerprint density at radius 1 is 0.794 bits per heavy atom. The lowest BCUT2D eigenvalue weighted by Crippen LogP contribution is -2.41. The number of amides is 1. The molecule has 3 aromatic carbocycles. The lowest BCUT2D eigenvalue weighted by atomic mass is 9.79. The van der Waals surface area contributed by atoms with Crippen LogP contribution in [0.3, 0.4) is 0 Å². The Morgan fingerprint density at radius 2 is 1.38 bits per heavy atom. The molecule has 34 heavy (non-hydrogen) atoms. The van der Waals surface area contributed by atoms with Gasteiger partial charge in [-0.2, -0.15) is 0 Å². The SMILES string of the molecule is COc1ccc([C@H]2CCCC[C@H]2NC(=O)c2ccc(C(=O)c3ccc(Cl)cc3)cc2)cc1OC. The first-order chi connectivity index (χ1) is 16.5. The predicted molar refractivity (Wildman–Crippen MR) is 133 cm³/mol. The molecule has 4 rings (SSSR count). The monoisotopic (exact) mass is 477 g/mol. The van der Waals surface area contributed by atoms with Gasteiger partial charge in [0.15, 0.2) is 17.3 Å². The third-order valence-corrected chi connectivity index (χ3v) is 6.69. The summed E-state index contributed by atoms with van der Waals surface area (Å²) in [5, 5.41) is 3.81. The number of methoxy groups -OCH3 is 2. The van der Waals surface area contributed by atoms with Crippen molar-refractivity contribution in [2.24, 2.45) is 0 Å². The first kappa shape index (κ1) is 23.8. The van der Waals surface area contributed by atoms with Gasteiger partial charge in [0.1, 0.15) is 0 Å². The smallest absolute Gasteiger partial charge is 0.251 e. The number of hydrogen-bond donors (Lipinski definition) is 1. The van der Waals surface area contributed by atoms with Crippen LogP contribution in [0, 0.1) is 0 Å². The summed E-state index contributed by atoms with van der Waals surface area (Å²) >= 11 is 5.91. The van der Waals surface area contributed by atoms with Crippen molar-refractivity contribution in [3.05, 3.63) is 94.0 Å². The molecule has 1 aliphatic carbocycles. The number of ether oxygens (including phenoxy) is 2. The van der Waals surface area contributed by atoms with Crippen LogP contribution in [-0.2, 0) is 0 Å². The molecule has 6 heteroatoms. The Kier molecular flexibility index (Phi) is 7.53. The highest BCUT2D eigenvalue weighted by atomic mass is 35.5. The Labute approximate surface area is 205 Å². The highest BCUT2D eigenvalue weighted by molar-refractivity contribution is 6.30. The largest absolute Gasteiger partial charge is 0.493 e. The maximum absolute atomic E-state index is 13.0. The summed E-state index contributed by atoms with van der Waals surface area (Å²) in [5.41, 5.74) is 2.75. The molecule has 2 atom stereocenters. The summed E-state index contributed by atoms with van der Waals surface area (Å²) in [5.74, 6) is 1.34. The van der Waals surface area contributed by atoms with E-state index in [0.29, 0.717) is 33.2 Å². The molecule has 0 bridgehead atoms. The highest BCUT2D eigenvalue weighted by Gasteiger charge is 2.29. The number of ketones is 1. The number of halogens is 1. The fourth-order valence-electron chi connectivity index (χ4n) is 4.58. The normalized spacial score (nSPS) is 17.6. The molecular weight excluding hydrogens is 450 g/mol. The van der Waals surface area contributed by atoms with Crippen molar-refractivity contribution in [2.45, 2.75) is 37.6 Å². The zero-order chi connectivity index (χ0) is 24.1. The van der Waals surface area contributed by atoms with E-state index in [0.717, 1.165) is 31.2 Å². The zero-order valence-electron chi connectivity index (χ0n) is 19.3. The molecule has 1 fully saturated rings. The van der Waals surface area contributed by atoms with Crippen molar-refractivity contribution in [2.75, 3.05) is 14.2 Å². The molecule has 0 spiro atoms. The highest BCUT2D eigenvalue weighted by Crippen LogP contribution is 2.37. The molecule has 3 aromatic rings. The van der Waals surface area contributed by atoms with Crippen LogP contribution in [0.15, 0.2) is 66.7 Å². The van der Waals surface area contributed by atoms with Crippen molar-refractivity contribution in [1.82, 2.24) is 5.32 Å². The Morgan fingerprint density at radius 3 is 2.03 bits per heavy atom. The predicted octanol–water partition coefficient (Wildman–Crippen LogP) is 6.04. The number of benzene rings is 3. The number of rotatable bonds is 7. The van der Waals surface area contributed by atoms with Gasteiger partial charge in [-0.25, -0.2) is 0 Å². The van der Waals surface area contributed by atoms with Crippen LogP contribution in [-0.4, -0.2) is 32.0 Å². The molecule has 1 saturated carbocycles. The summed E-state index contributed by atoms with van der Waals surface area (Å²) in [7, 11) is 3.25. The van der Waals surface area contributed by atoms with Gasteiger partial charge in [-0.1, -0.05) is 42.6 Å². The topological polar surface area (TPSA) is 64.6 Å². The second-order valence-corrected chi connectivity index (χ2v) is 8.94. The van der Waals surface area contributed by atoms with Gasteiger partial charge in [-0.15, -0.1) is 0 Å². The average molecular weight is 478 g/mol. The number of carbonyl (C=O) groups is 2. The first-order valence-electron chi connectivity index (χ1n) is 11.4. The van der Waals surface area contributed by atoms with Gasteiger partial charge < -0.3 is 14.8 Å². The van der Waals surface area contributed by atoms with Crippen LogP contribution in [0.25, 0.3) is 0 Å². The molecule has 176 valence electrons. The van der Waals surface area contributed by atoms with Crippen molar-refractivity contribution in [3.8, 4) is 11.5 Å². The Balaban J connectivity index is 1.47. The van der Waals surface area contributed by atoms with E-state index in [1.165, 1.54) is 0 Å². The molecule has 0 aliphatic heterocycles. The molecule has 0 heterocycles. The Hall–Kier alpha value is -3.31. The molecule has 5 nitrogen and oxygen atoms in total. The second kappa shape index (κ2) is 10.7. The first-order valence-corrected chi connectivity index (χ1v) is 11.8. The van der Waals surface area contributed by atoms with E-state index >= 15 is 0 Å². The van der Waals surface area contributed by atoms with E-state index in [4.69, 9.17) is 21.1 Å². The second-order valence-electron chi connectivity index (χ2n) is 8.50. The lowest BCUT2D eigenvalue weighted by molar-refractivity contribution is 0.0919. The van der Waals surface area contributed by atoms with Crippen LogP contribution < -0.4 is 14.8 Å². The maximum Gasteiger partial charge on any atom is 0.251 e. The van der Waals surface area contributed by atoms with Gasteiger partial charge in [0.2, 0.25) is 0 Å². The number of hydrogen-bond acceptors (Lipinski definition) is 4. The van der Waals surface area contributed by atoms with Crippen LogP contribution in [0.5, 0.6) is 11.5 Å². The van der Waals surface area contributed by atoms with E-state index in [9.17, 15) is 9.59 Å². The minimum absolute atomic E-state index is 0.0229. The molecule has 0 aromatic heterocycles. The molecule has 1 amide bonds. The summed E-state index contributed by atoms with van der Waals surface area (Å²) in [6.07, 6.45) is 4.10. The quantitative estimate of drug-likeness (QED) is 0.421. The summed E-state index contributed by atoms with van der Waals surface area (Å²) in [6, 6.07) is 19.6. The minimum Gasteiger partial charge on any atom is -0.493 e. The fraction of sp³-hybridized carbons (Fsp3) is 0.286. The van der Waals surface area contributed by atoms with Crippen LogP contribution in [0.4, 0.5) is 0 Å². The van der Waals surface area contributed by atoms with Gasteiger partial charge in [-0.3, -0.25) is 9.59 Å². The molecule has 0 radical (unpaired) electrons. The molecule has 1 N–H and O–H groups in total. The van der Waals surface area contributed by atoms with E-state index in [2.05, 4.69) is 5.32 Å². The van der Waals surface area contributed by atoms with Crippen LogP contribution >= 0.6 is 11.6 Å². The van der Waals surface area contributed by atoms with Crippen molar-refractivity contribution in [3.63, 3.8) is 0 Å². The lowest BCUT2D eigenvalue weighted by Gasteiger charge is -2.33. The van der Waals surface area contributed by atoms with Crippen molar-refractivity contribution >= 4 is 23.3 Å². The van der Waals surface area contributed by atoms with Gasteiger partial charge in [0.25, 0.3) is 5.91 Å². The van der Waals surface area contributed by atoms with E-state index in [-0.39, 0.29) is 23.7 Å². The Bertz CT molecular complexity index is 1160. The molecule has 0 unspecified atom stereocenters. The van der Waals surface area contributed by atoms with E-state index in [1.54, 1.807) is 62.8 Å². The van der Waals surface area contributed by atoms with Crippen LogP contribution in [0.1, 0.15) is 63.4 Å². The molecular formula is C28H28ClNO4. The number of nitrogens with one attached hydrogen (secondary N) is 1. The van der Waals surface area contributed by atoms with Gasteiger partial charge in [0, 0.05) is 33.7 Å². The van der Waals surface area contributed by atoms with Crippen molar-refractivity contribution in [1.29, 1.82) is 0 Å². The third-order valence-electron chi connectivity index (χ3n) is 6.43. The van der Waals surface area contributed by atoms with Crippen molar-refractivity contribution < 1.29 is 19.1 Å². The standard InChI is InChI=1S/C28H28ClNO4/c1-33-25-16-13-21(17-26(25)34-2)23-5-3-4-6-24(23)30-28(32)20-9-7-18(8-10-20)27(31)19-11-14-22(29)15-12-19/h7-17,23-24H,3-6H2,1-2H3,(H,30,32)/t23-,24-/m1/s1. The maximum atomic E-state index is 13.0. The minimum atomic E-state index is -0.136. The van der Waals surface area contributed by atoms with Gasteiger partial charge in [0.05, 0.1) is 14.2 Å². The summed E-state index contributed by atoms with van der Waals surface area (Å²) in [4.78, 5) is 25.7. The van der Waals surface area contributed by atoms with Gasteiger partial charge >= 0.3 is 0 Å². The fourth-order valence-corrected chi connectivity index (χ4v) is 4.70. The number of carbonyl (C=O) groups excluding carboxylic acids is 2. The molecule has 0 saturated heterocycles. The van der Waals surface area contributed by atoms with Crippen LogP contribution in [0.2, 0.25) is 5.02 Å². The van der Waals surface area contributed by atoms with E-state index < -0.39 is 0 Å². The van der Waals surface area contributed by atoms with Gasteiger partial charge in [-0.05, 0) is 66.9 Å². The summed E-state index contributed by atoms with van der Waals surface area (Å²) < 4.78 is 10.8. The molecule has 1 aliphatic rings. The van der Waals surface area contributed by atoms with E-state index in [1.807, 2.05) is 18.2 Å². The zero-order valence-corrected chi connectivity index (χ0v) is 20.1. The average Bonchev–Trinajstić information content (AvgIpc) is 2.88. The summed E-state index contributed by atoms with van der Waals surface area (Å²) in [6.45, 7) is 0.